The molecule has 26 heavy (non-hydrogen) atoms. The van der Waals surface area contributed by atoms with E-state index in [1.54, 1.807) is 42.5 Å². The summed E-state index contributed by atoms with van der Waals surface area (Å²) in [6.07, 6.45) is 0. The SMILES string of the molecule is CCOc1ccc(OCNC(=O)Nc2cccc3c(O)cccc23)cc1. The van der Waals surface area contributed by atoms with Crippen LogP contribution in [0.15, 0.2) is 60.7 Å². The summed E-state index contributed by atoms with van der Waals surface area (Å²) in [6, 6.07) is 17.3. The van der Waals surface area contributed by atoms with Crippen molar-refractivity contribution in [3.05, 3.63) is 60.7 Å². The standard InChI is InChI=1S/C20H20N2O4/c1-2-25-14-9-11-15(12-10-14)26-13-21-20(24)22-18-7-3-6-17-16(18)5-4-8-19(17)23/h3-12,23H,2,13H2,1H3,(H2,21,22,24). The van der Waals surface area contributed by atoms with Gasteiger partial charge in [0.05, 0.1) is 12.3 Å². The van der Waals surface area contributed by atoms with Gasteiger partial charge in [-0.2, -0.15) is 0 Å². The minimum atomic E-state index is -0.397. The number of hydrogen-bond donors (Lipinski definition) is 3. The number of phenolic OH excluding ortho intramolecular Hbond substituents is 1. The summed E-state index contributed by atoms with van der Waals surface area (Å²) in [4.78, 5) is 12.1. The highest BCUT2D eigenvalue weighted by atomic mass is 16.5. The van der Waals surface area contributed by atoms with Gasteiger partial charge in [-0.1, -0.05) is 24.3 Å². The predicted molar refractivity (Wildman–Crippen MR) is 101 cm³/mol. The molecular formula is C20H20N2O4. The summed E-state index contributed by atoms with van der Waals surface area (Å²) >= 11 is 0. The second kappa shape index (κ2) is 8.11. The quantitative estimate of drug-likeness (QED) is 0.584. The highest BCUT2D eigenvalue weighted by Crippen LogP contribution is 2.29. The average Bonchev–Trinajstić information content (AvgIpc) is 2.64. The number of ether oxygens (including phenoxy) is 2. The van der Waals surface area contributed by atoms with Crippen molar-refractivity contribution in [3.8, 4) is 17.2 Å². The highest BCUT2D eigenvalue weighted by Gasteiger charge is 2.07. The van der Waals surface area contributed by atoms with Crippen LogP contribution >= 0.6 is 0 Å². The number of nitrogens with one attached hydrogen (secondary N) is 2. The Morgan fingerprint density at radius 2 is 1.58 bits per heavy atom. The Labute approximate surface area is 151 Å². The van der Waals surface area contributed by atoms with Crippen LogP contribution in [0, 0.1) is 0 Å². The third-order valence-corrected chi connectivity index (χ3v) is 3.75. The Morgan fingerprint density at radius 3 is 2.31 bits per heavy atom. The van der Waals surface area contributed by atoms with Crippen molar-refractivity contribution < 1.29 is 19.4 Å². The molecule has 0 aliphatic carbocycles. The van der Waals surface area contributed by atoms with E-state index in [1.807, 2.05) is 25.1 Å². The van der Waals surface area contributed by atoms with Crippen LogP contribution in [0.5, 0.6) is 17.2 Å². The second-order valence-electron chi connectivity index (χ2n) is 5.50. The minimum Gasteiger partial charge on any atom is -0.507 e. The topological polar surface area (TPSA) is 79.8 Å². The van der Waals surface area contributed by atoms with Crippen molar-refractivity contribution in [1.82, 2.24) is 5.32 Å². The lowest BCUT2D eigenvalue weighted by atomic mass is 10.1. The normalized spacial score (nSPS) is 10.3. The molecular weight excluding hydrogens is 332 g/mol. The number of hydrogen-bond acceptors (Lipinski definition) is 4. The maximum absolute atomic E-state index is 12.1. The lowest BCUT2D eigenvalue weighted by Gasteiger charge is -2.12. The fraction of sp³-hybridized carbons (Fsp3) is 0.150. The fourth-order valence-electron chi connectivity index (χ4n) is 2.55. The van der Waals surface area contributed by atoms with Crippen molar-refractivity contribution in [2.24, 2.45) is 0 Å². The van der Waals surface area contributed by atoms with Gasteiger partial charge in [0.1, 0.15) is 17.2 Å². The van der Waals surface area contributed by atoms with Gasteiger partial charge in [0.2, 0.25) is 0 Å². The van der Waals surface area contributed by atoms with Gasteiger partial charge >= 0.3 is 6.03 Å². The van der Waals surface area contributed by atoms with E-state index in [4.69, 9.17) is 9.47 Å². The van der Waals surface area contributed by atoms with E-state index in [0.717, 1.165) is 11.1 Å². The van der Waals surface area contributed by atoms with Gasteiger partial charge in [0, 0.05) is 10.8 Å². The summed E-state index contributed by atoms with van der Waals surface area (Å²) in [6.45, 7) is 2.55. The molecule has 2 amide bonds. The van der Waals surface area contributed by atoms with Crippen LogP contribution in [0.4, 0.5) is 10.5 Å². The van der Waals surface area contributed by atoms with E-state index in [2.05, 4.69) is 10.6 Å². The summed E-state index contributed by atoms with van der Waals surface area (Å²) in [5.41, 5.74) is 0.608. The first-order valence-electron chi connectivity index (χ1n) is 8.28. The van der Waals surface area contributed by atoms with Gasteiger partial charge in [0.25, 0.3) is 0 Å². The maximum Gasteiger partial charge on any atom is 0.321 e. The Morgan fingerprint density at radius 1 is 0.923 bits per heavy atom. The first-order valence-corrected chi connectivity index (χ1v) is 8.28. The fourth-order valence-corrected chi connectivity index (χ4v) is 2.55. The molecule has 3 aromatic rings. The number of phenols is 1. The molecule has 0 aliphatic heterocycles. The molecule has 6 heteroatoms. The van der Waals surface area contributed by atoms with Crippen LogP contribution in [0.25, 0.3) is 10.8 Å². The number of fused-ring (bicyclic) bond motifs is 1. The summed E-state index contributed by atoms with van der Waals surface area (Å²) in [7, 11) is 0. The summed E-state index contributed by atoms with van der Waals surface area (Å²) in [5.74, 6) is 1.57. The minimum absolute atomic E-state index is 0.0236. The molecule has 0 atom stereocenters. The number of amides is 2. The predicted octanol–water partition coefficient (Wildman–Crippen LogP) is 4.10. The molecule has 0 unspecified atom stereocenters. The first-order chi connectivity index (χ1) is 12.7. The molecule has 0 aromatic heterocycles. The van der Waals surface area contributed by atoms with Gasteiger partial charge in [-0.25, -0.2) is 4.79 Å². The van der Waals surface area contributed by atoms with E-state index < -0.39 is 6.03 Å². The van der Waals surface area contributed by atoms with E-state index in [0.29, 0.717) is 23.4 Å². The molecule has 3 aromatic carbocycles. The van der Waals surface area contributed by atoms with Crippen molar-refractivity contribution in [2.75, 3.05) is 18.7 Å². The summed E-state index contributed by atoms with van der Waals surface area (Å²) < 4.78 is 10.8. The van der Waals surface area contributed by atoms with E-state index >= 15 is 0 Å². The van der Waals surface area contributed by atoms with E-state index in [1.165, 1.54) is 0 Å². The Balaban J connectivity index is 1.55. The Bertz CT molecular complexity index is 894. The number of anilines is 1. The average molecular weight is 352 g/mol. The zero-order valence-corrected chi connectivity index (χ0v) is 14.4. The molecule has 0 bridgehead atoms. The molecule has 3 N–H and O–H groups in total. The lowest BCUT2D eigenvalue weighted by Crippen LogP contribution is -2.32. The van der Waals surface area contributed by atoms with Gasteiger partial charge in [-0.15, -0.1) is 0 Å². The number of carbonyl (C=O) groups excluding carboxylic acids is 1. The molecule has 0 spiro atoms. The van der Waals surface area contributed by atoms with Crippen molar-refractivity contribution in [1.29, 1.82) is 0 Å². The van der Waals surface area contributed by atoms with Gasteiger partial charge < -0.3 is 25.2 Å². The monoisotopic (exact) mass is 352 g/mol. The molecule has 0 fully saturated rings. The number of benzene rings is 3. The van der Waals surface area contributed by atoms with Crippen LogP contribution in [-0.4, -0.2) is 24.5 Å². The Hall–Kier alpha value is -3.41. The molecule has 3 rings (SSSR count). The molecule has 134 valence electrons. The zero-order valence-electron chi connectivity index (χ0n) is 14.4. The van der Waals surface area contributed by atoms with Crippen LogP contribution in [-0.2, 0) is 0 Å². The van der Waals surface area contributed by atoms with Crippen LogP contribution in [0.3, 0.4) is 0 Å². The summed E-state index contributed by atoms with van der Waals surface area (Å²) in [5, 5.41) is 16.7. The number of urea groups is 1. The van der Waals surface area contributed by atoms with Gasteiger partial charge in [-0.05, 0) is 43.3 Å². The number of carbonyl (C=O) groups is 1. The second-order valence-corrected chi connectivity index (χ2v) is 5.50. The molecule has 0 heterocycles. The maximum atomic E-state index is 12.1. The van der Waals surface area contributed by atoms with Gasteiger partial charge in [-0.3, -0.25) is 0 Å². The highest BCUT2D eigenvalue weighted by molar-refractivity contribution is 6.03. The molecule has 0 saturated carbocycles. The van der Waals surface area contributed by atoms with Gasteiger partial charge in [0.15, 0.2) is 6.73 Å². The molecule has 0 saturated heterocycles. The van der Waals surface area contributed by atoms with Crippen LogP contribution < -0.4 is 20.1 Å². The lowest BCUT2D eigenvalue weighted by molar-refractivity contribution is 0.234. The third kappa shape index (κ3) is 4.16. The van der Waals surface area contributed by atoms with E-state index in [-0.39, 0.29) is 12.5 Å². The molecule has 6 nitrogen and oxygen atoms in total. The van der Waals surface area contributed by atoms with E-state index in [9.17, 15) is 9.90 Å². The smallest absolute Gasteiger partial charge is 0.321 e. The zero-order chi connectivity index (χ0) is 18.4. The van der Waals surface area contributed by atoms with Crippen LogP contribution in [0.1, 0.15) is 6.92 Å². The van der Waals surface area contributed by atoms with Crippen molar-refractivity contribution in [3.63, 3.8) is 0 Å². The Kier molecular flexibility index (Phi) is 5.43. The third-order valence-electron chi connectivity index (χ3n) is 3.75. The first kappa shape index (κ1) is 17.4. The van der Waals surface area contributed by atoms with Crippen molar-refractivity contribution in [2.45, 2.75) is 6.92 Å². The molecule has 0 radical (unpaired) electrons. The number of aromatic hydroxyl groups is 1. The van der Waals surface area contributed by atoms with Crippen LogP contribution in [0.2, 0.25) is 0 Å². The number of rotatable bonds is 6. The van der Waals surface area contributed by atoms with Crippen molar-refractivity contribution >= 4 is 22.5 Å². The largest absolute Gasteiger partial charge is 0.507 e. The molecule has 0 aliphatic rings.